The normalized spacial score (nSPS) is 11.5. The van der Waals surface area contributed by atoms with Crippen molar-refractivity contribution >= 4 is 65.6 Å². The molecule has 0 aliphatic heterocycles. The summed E-state index contributed by atoms with van der Waals surface area (Å²) >= 11 is 0. The van der Waals surface area contributed by atoms with Gasteiger partial charge >= 0.3 is 11.3 Å². The van der Waals surface area contributed by atoms with Crippen molar-refractivity contribution < 1.29 is 8.83 Å². The van der Waals surface area contributed by atoms with Crippen LogP contribution in [0.1, 0.15) is 5.56 Å². The van der Waals surface area contributed by atoms with Crippen molar-refractivity contribution in [2.24, 2.45) is 0 Å². The van der Waals surface area contributed by atoms with Crippen LogP contribution in [0.3, 0.4) is 0 Å². The maximum atomic E-state index is 12.6. The highest BCUT2D eigenvalue weighted by atomic mass is 16.4. The number of benzene rings is 7. The van der Waals surface area contributed by atoms with Gasteiger partial charge in [0.2, 0.25) is 0 Å². The van der Waals surface area contributed by atoms with Crippen molar-refractivity contribution in [3.63, 3.8) is 0 Å². The number of hydrogen-bond donors (Lipinski definition) is 0. The highest BCUT2D eigenvalue weighted by molar-refractivity contribution is 6.04. The van der Waals surface area contributed by atoms with E-state index in [4.69, 9.17) is 13.9 Å². The third-order valence-electron chi connectivity index (χ3n) is 9.75. The van der Waals surface area contributed by atoms with Crippen molar-refractivity contribution in [3.8, 4) is 22.5 Å². The Kier molecular flexibility index (Phi) is 7.41. The molecule has 0 aliphatic rings. The molecule has 0 radical (unpaired) electrons. The summed E-state index contributed by atoms with van der Waals surface area (Å²) in [5.41, 5.74) is 7.41. The van der Waals surface area contributed by atoms with Crippen molar-refractivity contribution in [1.82, 2.24) is 30.0 Å². The van der Waals surface area contributed by atoms with Gasteiger partial charge in [0.05, 0.1) is 16.9 Å². The maximum absolute atomic E-state index is 12.6. The molecule has 0 unspecified atom stereocenters. The molecule has 10 heteroatoms. The first kappa shape index (κ1) is 32.0. The Labute approximate surface area is 311 Å². The Hall–Kier alpha value is -7.72. The van der Waals surface area contributed by atoms with Crippen LogP contribution in [0, 0.1) is 6.92 Å². The van der Waals surface area contributed by atoms with E-state index in [1.165, 1.54) is 6.07 Å². The lowest BCUT2D eigenvalue weighted by Crippen LogP contribution is -2.03. The predicted octanol–water partition coefficient (Wildman–Crippen LogP) is 9.34. The number of hydrogen-bond acceptors (Lipinski definition) is 8. The van der Waals surface area contributed by atoms with Crippen LogP contribution in [-0.2, 0) is 0 Å². The molecule has 0 bridgehead atoms. The van der Waals surface area contributed by atoms with E-state index in [9.17, 15) is 9.59 Å². The fraction of sp³-hybridized carbons (Fsp3) is 0.0222. The van der Waals surface area contributed by atoms with E-state index in [0.29, 0.717) is 16.7 Å². The summed E-state index contributed by atoms with van der Waals surface area (Å²) in [7, 11) is 0. The second-order valence-electron chi connectivity index (χ2n) is 13.3. The van der Waals surface area contributed by atoms with Crippen LogP contribution < -0.4 is 11.3 Å². The third kappa shape index (κ3) is 5.69. The van der Waals surface area contributed by atoms with Crippen molar-refractivity contribution in [1.29, 1.82) is 0 Å². The first-order chi connectivity index (χ1) is 26.9. The summed E-state index contributed by atoms with van der Waals surface area (Å²) in [6, 6.07) is 48.4. The molecular formula is C45H28N6O4. The van der Waals surface area contributed by atoms with E-state index in [-0.39, 0.29) is 11.3 Å². The van der Waals surface area contributed by atoms with E-state index in [0.717, 1.165) is 76.9 Å². The molecule has 11 aromatic rings. The SMILES string of the molecule is Cc1cc(=O)oc2cc(-n3nc4ccc5ccccc5c4n3)ccc12.O=c1oc2cc(-n3nc4ccc5ccccc5c4n3)ccc2cc1-c1ccccc1. The molecule has 262 valence electrons. The monoisotopic (exact) mass is 716 g/mol. The Bertz CT molecular complexity index is 3400. The van der Waals surface area contributed by atoms with Gasteiger partial charge in [-0.15, -0.1) is 20.4 Å². The molecule has 11 rings (SSSR count). The molecular weight excluding hydrogens is 689 g/mol. The van der Waals surface area contributed by atoms with Crippen molar-refractivity contribution in [2.75, 3.05) is 0 Å². The minimum absolute atomic E-state index is 0.355. The number of fused-ring (bicyclic) bond motifs is 8. The quantitative estimate of drug-likeness (QED) is 0.166. The van der Waals surface area contributed by atoms with Gasteiger partial charge in [-0.2, -0.15) is 9.59 Å². The van der Waals surface area contributed by atoms with Crippen LogP contribution in [0.25, 0.3) is 88.1 Å². The number of aryl methyl sites for hydroxylation is 1. The molecule has 0 saturated carbocycles. The lowest BCUT2D eigenvalue weighted by molar-refractivity contribution is 0.559. The Morgan fingerprint density at radius 2 is 1.04 bits per heavy atom. The zero-order valence-electron chi connectivity index (χ0n) is 29.3. The predicted molar refractivity (Wildman–Crippen MR) is 215 cm³/mol. The minimum Gasteiger partial charge on any atom is -0.423 e. The molecule has 55 heavy (non-hydrogen) atoms. The number of rotatable bonds is 3. The molecule has 10 nitrogen and oxygen atoms in total. The van der Waals surface area contributed by atoms with Crippen LogP contribution in [0.5, 0.6) is 0 Å². The molecule has 0 spiro atoms. The van der Waals surface area contributed by atoms with Gasteiger partial charge in [0, 0.05) is 39.7 Å². The van der Waals surface area contributed by atoms with Gasteiger partial charge in [0.25, 0.3) is 0 Å². The van der Waals surface area contributed by atoms with Crippen LogP contribution in [0.2, 0.25) is 0 Å². The Morgan fingerprint density at radius 1 is 0.473 bits per heavy atom. The van der Waals surface area contributed by atoms with Gasteiger partial charge < -0.3 is 8.83 Å². The smallest absolute Gasteiger partial charge is 0.344 e. The highest BCUT2D eigenvalue weighted by Crippen LogP contribution is 2.27. The topological polar surface area (TPSA) is 122 Å². The third-order valence-corrected chi connectivity index (χ3v) is 9.75. The maximum Gasteiger partial charge on any atom is 0.344 e. The fourth-order valence-corrected chi connectivity index (χ4v) is 7.01. The van der Waals surface area contributed by atoms with Gasteiger partial charge in [-0.3, -0.25) is 0 Å². The summed E-state index contributed by atoms with van der Waals surface area (Å²) in [5, 5.41) is 24.6. The van der Waals surface area contributed by atoms with Gasteiger partial charge in [0.1, 0.15) is 33.2 Å². The molecule has 0 N–H and O–H groups in total. The van der Waals surface area contributed by atoms with E-state index >= 15 is 0 Å². The largest absolute Gasteiger partial charge is 0.423 e. The second kappa shape index (κ2) is 12.7. The van der Waals surface area contributed by atoms with Crippen LogP contribution in [0.4, 0.5) is 0 Å². The van der Waals surface area contributed by atoms with Crippen LogP contribution in [-0.4, -0.2) is 30.0 Å². The average Bonchev–Trinajstić information content (AvgIpc) is 3.87. The average molecular weight is 717 g/mol. The molecule has 4 aromatic heterocycles. The van der Waals surface area contributed by atoms with Gasteiger partial charge in [-0.05, 0) is 71.3 Å². The molecule has 0 amide bonds. The summed E-state index contributed by atoms with van der Waals surface area (Å²) in [5.74, 6) is 0. The molecule has 0 aliphatic carbocycles. The molecule has 0 fully saturated rings. The van der Waals surface area contributed by atoms with Gasteiger partial charge in [0.15, 0.2) is 0 Å². The van der Waals surface area contributed by atoms with Crippen molar-refractivity contribution in [3.05, 3.63) is 178 Å². The Morgan fingerprint density at radius 3 is 1.69 bits per heavy atom. The second-order valence-corrected chi connectivity index (χ2v) is 13.3. The number of nitrogens with zero attached hydrogens (tertiary/aromatic N) is 6. The van der Waals surface area contributed by atoms with Crippen LogP contribution >= 0.6 is 0 Å². The number of aromatic nitrogens is 6. The first-order valence-electron chi connectivity index (χ1n) is 17.6. The minimum atomic E-state index is -0.365. The van der Waals surface area contributed by atoms with Gasteiger partial charge in [-0.1, -0.05) is 91.0 Å². The summed E-state index contributed by atoms with van der Waals surface area (Å²) < 4.78 is 11.0. The Balaban J connectivity index is 0.000000138. The van der Waals surface area contributed by atoms with Crippen LogP contribution in [0.15, 0.2) is 170 Å². The molecule has 7 aromatic carbocycles. The van der Waals surface area contributed by atoms with E-state index < -0.39 is 0 Å². The zero-order valence-corrected chi connectivity index (χ0v) is 29.3. The lowest BCUT2D eigenvalue weighted by Gasteiger charge is -2.04. The highest BCUT2D eigenvalue weighted by Gasteiger charge is 2.13. The summed E-state index contributed by atoms with van der Waals surface area (Å²) in [4.78, 5) is 27.4. The molecule has 0 saturated heterocycles. The standard InChI is InChI=1S/C25H15N3O2.C20H13N3O2/c29-25-21(16-6-2-1-3-7-16)14-18-10-12-19(15-23(18)30-25)28-26-22-13-11-17-8-4-5-9-20(17)24(22)27-28;1-12-10-19(24)25-18-11-14(7-8-15(12)18)23-21-17-9-6-13-4-2-3-5-16(13)20(17)22-23/h1-15H;2-11H,1H3. The zero-order chi connectivity index (χ0) is 37.0. The molecule has 0 atom stereocenters. The first-order valence-corrected chi connectivity index (χ1v) is 17.6. The fourth-order valence-electron chi connectivity index (χ4n) is 7.01. The van der Waals surface area contributed by atoms with E-state index in [2.05, 4.69) is 27.4 Å². The van der Waals surface area contributed by atoms with Crippen molar-refractivity contribution in [2.45, 2.75) is 6.92 Å². The lowest BCUT2D eigenvalue weighted by atomic mass is 10.1. The van der Waals surface area contributed by atoms with Gasteiger partial charge in [-0.25, -0.2) is 9.59 Å². The van der Waals surface area contributed by atoms with E-state index in [1.807, 2.05) is 128 Å². The summed E-state index contributed by atoms with van der Waals surface area (Å²) in [6.45, 7) is 1.89. The van der Waals surface area contributed by atoms with E-state index in [1.54, 1.807) is 21.7 Å². The molecule has 4 heterocycles. The summed E-state index contributed by atoms with van der Waals surface area (Å²) in [6.07, 6.45) is 0.